The third-order valence-electron chi connectivity index (χ3n) is 3.70. The van der Waals surface area contributed by atoms with Crippen LogP contribution in [0.4, 0.5) is 8.78 Å². The molecule has 0 amide bonds. The quantitative estimate of drug-likeness (QED) is 0.865. The summed E-state index contributed by atoms with van der Waals surface area (Å²) in [6.45, 7) is 0. The Balaban J connectivity index is 1.71. The highest BCUT2D eigenvalue weighted by molar-refractivity contribution is 8.00. The minimum absolute atomic E-state index is 0.213. The summed E-state index contributed by atoms with van der Waals surface area (Å²) in [5.41, 5.74) is 0.488. The summed E-state index contributed by atoms with van der Waals surface area (Å²) in [4.78, 5) is 4.27. The minimum atomic E-state index is -1.17. The van der Waals surface area contributed by atoms with Crippen molar-refractivity contribution in [3.63, 3.8) is 0 Å². The number of benzene rings is 1. The lowest BCUT2D eigenvalue weighted by Gasteiger charge is -2.12. The molecular formula is C14H13F2N3S. The topological polar surface area (TPSA) is 30.7 Å². The molecule has 20 heavy (non-hydrogen) atoms. The summed E-state index contributed by atoms with van der Waals surface area (Å²) in [7, 11) is 0. The van der Waals surface area contributed by atoms with Gasteiger partial charge in [0.25, 0.3) is 0 Å². The van der Waals surface area contributed by atoms with E-state index in [1.54, 1.807) is 34.6 Å². The second-order valence-corrected chi connectivity index (χ2v) is 6.52. The number of rotatable bonds is 3. The average molecular weight is 293 g/mol. The van der Waals surface area contributed by atoms with E-state index in [4.69, 9.17) is 0 Å². The van der Waals surface area contributed by atoms with Gasteiger partial charge in [0, 0.05) is 17.2 Å². The highest BCUT2D eigenvalue weighted by Gasteiger charge is 2.37. The summed E-state index contributed by atoms with van der Waals surface area (Å²) in [6, 6.07) is 6.11. The number of nitrogens with zero attached hydrogens (tertiary/aromatic N) is 3. The van der Waals surface area contributed by atoms with Crippen LogP contribution >= 0.6 is 11.8 Å². The molecule has 1 aliphatic carbocycles. The molecule has 2 aromatic rings. The molecule has 2 atom stereocenters. The van der Waals surface area contributed by atoms with Crippen molar-refractivity contribution in [1.29, 1.82) is 0 Å². The molecule has 4 rings (SSSR count). The van der Waals surface area contributed by atoms with E-state index in [-0.39, 0.29) is 18.3 Å². The van der Waals surface area contributed by atoms with E-state index in [2.05, 4.69) is 10.1 Å². The first-order valence-electron chi connectivity index (χ1n) is 6.74. The molecule has 1 aromatic carbocycles. The lowest BCUT2D eigenvalue weighted by atomic mass is 10.0. The van der Waals surface area contributed by atoms with Crippen molar-refractivity contribution >= 4 is 11.8 Å². The Labute approximate surface area is 119 Å². The standard InChI is InChI=1S/C14H13F2N3S/c15-10-4-2-1-3-9(10)12-7-11(16)13-17-14(18-19(12)13)20-8-5-6-8/h1-4,8,11-12H,5-7H2. The van der Waals surface area contributed by atoms with Gasteiger partial charge in [-0.1, -0.05) is 30.0 Å². The molecule has 0 bridgehead atoms. The van der Waals surface area contributed by atoms with E-state index in [9.17, 15) is 8.78 Å². The fourth-order valence-electron chi connectivity index (χ4n) is 2.55. The fourth-order valence-corrected chi connectivity index (χ4v) is 3.50. The van der Waals surface area contributed by atoms with Crippen LogP contribution in [0.1, 0.15) is 42.9 Å². The Morgan fingerprint density at radius 1 is 1.25 bits per heavy atom. The Hall–Kier alpha value is -1.43. The van der Waals surface area contributed by atoms with Gasteiger partial charge in [-0.15, -0.1) is 5.10 Å². The Morgan fingerprint density at radius 2 is 2.05 bits per heavy atom. The molecule has 0 N–H and O–H groups in total. The highest BCUT2D eigenvalue weighted by atomic mass is 32.2. The monoisotopic (exact) mass is 293 g/mol. The van der Waals surface area contributed by atoms with Crippen molar-refractivity contribution < 1.29 is 8.78 Å². The molecule has 1 fully saturated rings. The van der Waals surface area contributed by atoms with E-state index in [0.29, 0.717) is 21.8 Å². The number of hydrogen-bond acceptors (Lipinski definition) is 3. The van der Waals surface area contributed by atoms with Crippen LogP contribution in [-0.2, 0) is 0 Å². The number of hydrogen-bond donors (Lipinski definition) is 0. The molecule has 2 unspecified atom stereocenters. The van der Waals surface area contributed by atoms with Crippen LogP contribution in [0.25, 0.3) is 0 Å². The smallest absolute Gasteiger partial charge is 0.209 e. The number of halogens is 2. The largest absolute Gasteiger partial charge is 0.239 e. The van der Waals surface area contributed by atoms with Crippen LogP contribution in [0.15, 0.2) is 29.4 Å². The van der Waals surface area contributed by atoms with Crippen molar-refractivity contribution in [1.82, 2.24) is 14.8 Å². The van der Waals surface area contributed by atoms with Gasteiger partial charge in [0.1, 0.15) is 5.82 Å². The molecule has 0 saturated heterocycles. The number of alkyl halides is 1. The van der Waals surface area contributed by atoms with E-state index in [1.165, 1.54) is 18.9 Å². The number of thioether (sulfide) groups is 1. The van der Waals surface area contributed by atoms with Gasteiger partial charge in [-0.3, -0.25) is 0 Å². The molecule has 2 heterocycles. The summed E-state index contributed by atoms with van der Waals surface area (Å²) in [6.07, 6.45) is 1.39. The second-order valence-electron chi connectivity index (χ2n) is 5.25. The molecule has 1 saturated carbocycles. The Morgan fingerprint density at radius 3 is 2.80 bits per heavy atom. The van der Waals surface area contributed by atoms with E-state index in [1.807, 2.05) is 0 Å². The molecule has 2 aliphatic rings. The maximum absolute atomic E-state index is 14.1. The summed E-state index contributed by atoms with van der Waals surface area (Å²) in [5, 5.41) is 5.57. The Bertz CT molecular complexity index is 654. The molecule has 1 aliphatic heterocycles. The predicted molar refractivity (Wildman–Crippen MR) is 71.9 cm³/mol. The van der Waals surface area contributed by atoms with Crippen LogP contribution in [0, 0.1) is 5.82 Å². The normalized spacial score (nSPS) is 24.9. The zero-order valence-corrected chi connectivity index (χ0v) is 11.5. The third-order valence-corrected chi connectivity index (χ3v) is 4.89. The van der Waals surface area contributed by atoms with Gasteiger partial charge >= 0.3 is 0 Å². The van der Waals surface area contributed by atoms with Crippen LogP contribution in [0.3, 0.4) is 0 Å². The van der Waals surface area contributed by atoms with Gasteiger partial charge in [-0.05, 0) is 18.9 Å². The summed E-state index contributed by atoms with van der Waals surface area (Å²) < 4.78 is 29.6. The highest BCUT2D eigenvalue weighted by Crippen LogP contribution is 2.43. The number of fused-ring (bicyclic) bond motifs is 1. The molecule has 3 nitrogen and oxygen atoms in total. The van der Waals surface area contributed by atoms with Crippen molar-refractivity contribution in [2.24, 2.45) is 0 Å². The summed E-state index contributed by atoms with van der Waals surface area (Å²) in [5.74, 6) is 0.0193. The van der Waals surface area contributed by atoms with Gasteiger partial charge in [0.2, 0.25) is 5.16 Å². The molecular weight excluding hydrogens is 280 g/mol. The maximum atomic E-state index is 14.1. The molecule has 0 spiro atoms. The number of aromatic nitrogens is 3. The molecule has 0 radical (unpaired) electrons. The van der Waals surface area contributed by atoms with Gasteiger partial charge in [-0.25, -0.2) is 18.4 Å². The third kappa shape index (κ3) is 2.02. The van der Waals surface area contributed by atoms with E-state index >= 15 is 0 Å². The van der Waals surface area contributed by atoms with Gasteiger partial charge in [-0.2, -0.15) is 0 Å². The zero-order valence-electron chi connectivity index (χ0n) is 10.7. The van der Waals surface area contributed by atoms with Crippen LogP contribution in [0.5, 0.6) is 0 Å². The maximum Gasteiger partial charge on any atom is 0.209 e. The predicted octanol–water partition coefficient (Wildman–Crippen LogP) is 3.68. The van der Waals surface area contributed by atoms with Crippen molar-refractivity contribution in [3.05, 3.63) is 41.5 Å². The minimum Gasteiger partial charge on any atom is -0.239 e. The lowest BCUT2D eigenvalue weighted by molar-refractivity contribution is 0.325. The molecule has 1 aromatic heterocycles. The first-order valence-corrected chi connectivity index (χ1v) is 7.62. The zero-order chi connectivity index (χ0) is 13.7. The first-order chi connectivity index (χ1) is 9.72. The fraction of sp³-hybridized carbons (Fsp3) is 0.429. The van der Waals surface area contributed by atoms with Crippen LogP contribution < -0.4 is 0 Å². The van der Waals surface area contributed by atoms with Gasteiger partial charge < -0.3 is 0 Å². The molecule has 6 heteroatoms. The van der Waals surface area contributed by atoms with Crippen molar-refractivity contribution in [2.75, 3.05) is 0 Å². The van der Waals surface area contributed by atoms with E-state index in [0.717, 1.165) is 0 Å². The lowest BCUT2D eigenvalue weighted by Crippen LogP contribution is -2.09. The Kier molecular flexibility index (Phi) is 2.80. The van der Waals surface area contributed by atoms with Crippen molar-refractivity contribution in [2.45, 2.75) is 41.9 Å². The van der Waals surface area contributed by atoms with Gasteiger partial charge in [0.05, 0.1) is 6.04 Å². The van der Waals surface area contributed by atoms with Crippen LogP contribution in [-0.4, -0.2) is 20.0 Å². The SMILES string of the molecule is Fc1ccccc1C1CC(F)c2nc(SC3CC3)nn21. The van der Waals surface area contributed by atoms with Crippen LogP contribution in [0.2, 0.25) is 0 Å². The van der Waals surface area contributed by atoms with Crippen molar-refractivity contribution in [3.8, 4) is 0 Å². The molecule has 104 valence electrons. The summed E-state index contributed by atoms with van der Waals surface area (Å²) >= 11 is 1.59. The van der Waals surface area contributed by atoms with E-state index < -0.39 is 6.17 Å². The van der Waals surface area contributed by atoms with Gasteiger partial charge in [0.15, 0.2) is 12.0 Å². The first kappa shape index (κ1) is 12.3. The second kappa shape index (κ2) is 4.55. The average Bonchev–Trinajstić information content (AvgIpc) is 3.06.